The number of anilines is 1. The lowest BCUT2D eigenvalue weighted by Crippen LogP contribution is -2.16. The molecule has 2 heterocycles. The first-order valence-electron chi connectivity index (χ1n) is 8.56. The van der Waals surface area contributed by atoms with Crippen LogP contribution >= 0.6 is 11.3 Å². The van der Waals surface area contributed by atoms with Gasteiger partial charge in [0.15, 0.2) is 23.0 Å². The normalized spacial score (nSPS) is 10.4. The fraction of sp³-hybridized carbons (Fsp3) is 0.158. The number of nitrogens with zero attached hydrogens (tertiary/aromatic N) is 1. The highest BCUT2D eigenvalue weighted by atomic mass is 32.1. The highest BCUT2D eigenvalue weighted by Crippen LogP contribution is 2.36. The van der Waals surface area contributed by atoms with E-state index in [1.807, 2.05) is 0 Å². The Labute approximate surface area is 178 Å². The van der Waals surface area contributed by atoms with Crippen LogP contribution in [0.5, 0.6) is 23.0 Å². The van der Waals surface area contributed by atoms with Crippen molar-refractivity contribution in [3.8, 4) is 33.7 Å². The van der Waals surface area contributed by atoms with Gasteiger partial charge in [0.05, 0.1) is 37.5 Å². The third-order valence-corrected chi connectivity index (χ3v) is 5.10. The molecule has 1 amide bonds. The molecule has 0 spiro atoms. The molecule has 0 aliphatic carbocycles. The maximum atomic E-state index is 12.9. The smallest absolute Gasteiger partial charge is 0.358 e. The van der Waals surface area contributed by atoms with Crippen molar-refractivity contribution in [1.82, 2.24) is 9.97 Å². The molecule has 31 heavy (non-hydrogen) atoms. The molecule has 0 fully saturated rings. The molecule has 0 atom stereocenters. The van der Waals surface area contributed by atoms with Gasteiger partial charge in [-0.05, 0) is 11.4 Å². The van der Waals surface area contributed by atoms with Crippen molar-refractivity contribution in [2.75, 3.05) is 26.6 Å². The fourth-order valence-corrected chi connectivity index (χ4v) is 3.51. The first kappa shape index (κ1) is 21.6. The number of ether oxygens (including phenoxy) is 3. The highest BCUT2D eigenvalue weighted by Gasteiger charge is 2.22. The number of H-pyrrole nitrogens is 1. The molecule has 12 heteroatoms. The Morgan fingerprint density at radius 3 is 2.35 bits per heavy atom. The monoisotopic (exact) mass is 447 g/mol. The third kappa shape index (κ3) is 4.14. The highest BCUT2D eigenvalue weighted by molar-refractivity contribution is 7.14. The number of thiophene rings is 1. The van der Waals surface area contributed by atoms with E-state index in [1.54, 1.807) is 11.4 Å². The summed E-state index contributed by atoms with van der Waals surface area (Å²) >= 11 is 1.10. The lowest BCUT2D eigenvalue weighted by atomic mass is 10.1. The van der Waals surface area contributed by atoms with Gasteiger partial charge in [0, 0.05) is 12.1 Å². The molecule has 0 aliphatic heterocycles. The standard InChI is InChI=1S/C19H17N3O8S/c1-28-10-7-12(30-3)11(29-2)6-8(10)17(24)20-9-4-5-31-15(9)16-21-13(19(26)27)14(23)18(25)22-16/h4-7,23H,1-3H3,(H,20,24)(H,26,27)(H,21,22,25). The number of aromatic hydroxyl groups is 1. The molecule has 0 unspecified atom stereocenters. The average molecular weight is 447 g/mol. The molecule has 0 radical (unpaired) electrons. The van der Waals surface area contributed by atoms with Gasteiger partial charge in [-0.25, -0.2) is 9.78 Å². The van der Waals surface area contributed by atoms with Crippen LogP contribution in [-0.4, -0.2) is 53.4 Å². The number of benzene rings is 1. The van der Waals surface area contributed by atoms with Crippen molar-refractivity contribution in [3.63, 3.8) is 0 Å². The van der Waals surface area contributed by atoms with Crippen LogP contribution in [0.25, 0.3) is 10.7 Å². The Bertz CT molecular complexity index is 1220. The molecule has 0 saturated carbocycles. The average Bonchev–Trinajstić information content (AvgIpc) is 3.22. The fourth-order valence-electron chi connectivity index (χ4n) is 2.71. The lowest BCUT2D eigenvalue weighted by Gasteiger charge is -2.14. The zero-order valence-corrected chi connectivity index (χ0v) is 17.3. The van der Waals surface area contributed by atoms with Crippen LogP contribution in [0.4, 0.5) is 5.69 Å². The number of aromatic nitrogens is 2. The summed E-state index contributed by atoms with van der Waals surface area (Å²) in [7, 11) is 4.27. The molecular weight excluding hydrogens is 430 g/mol. The predicted octanol–water partition coefficient (Wildman–Crippen LogP) is 2.18. The number of carboxylic acids is 1. The summed E-state index contributed by atoms with van der Waals surface area (Å²) in [5.41, 5.74) is -1.41. The van der Waals surface area contributed by atoms with E-state index in [0.29, 0.717) is 11.5 Å². The van der Waals surface area contributed by atoms with Crippen molar-refractivity contribution in [2.24, 2.45) is 0 Å². The van der Waals surface area contributed by atoms with Crippen LogP contribution in [0.2, 0.25) is 0 Å². The SMILES string of the molecule is COc1cc(OC)c(C(=O)Nc2ccsc2-c2nc(C(=O)O)c(O)c(=O)[nH]2)cc1OC. The maximum Gasteiger partial charge on any atom is 0.358 e. The minimum Gasteiger partial charge on any atom is -0.501 e. The van der Waals surface area contributed by atoms with E-state index in [1.165, 1.54) is 33.5 Å². The first-order valence-corrected chi connectivity index (χ1v) is 9.44. The van der Waals surface area contributed by atoms with Gasteiger partial charge in [0.25, 0.3) is 11.5 Å². The molecular formula is C19H17N3O8S. The minimum atomic E-state index is -1.57. The predicted molar refractivity (Wildman–Crippen MR) is 111 cm³/mol. The number of hydrogen-bond donors (Lipinski definition) is 4. The number of rotatable bonds is 7. The van der Waals surface area contributed by atoms with Crippen LogP contribution in [0.15, 0.2) is 28.4 Å². The largest absolute Gasteiger partial charge is 0.501 e. The molecule has 11 nitrogen and oxygen atoms in total. The summed E-state index contributed by atoms with van der Waals surface area (Å²) in [4.78, 5) is 42.5. The van der Waals surface area contributed by atoms with Gasteiger partial charge in [-0.2, -0.15) is 0 Å². The zero-order chi connectivity index (χ0) is 22.7. The minimum absolute atomic E-state index is 0.121. The topological polar surface area (TPSA) is 160 Å². The number of carbonyl (C=O) groups excluding carboxylic acids is 1. The summed E-state index contributed by atoms with van der Waals surface area (Å²) in [6, 6.07) is 4.50. The summed E-state index contributed by atoms with van der Waals surface area (Å²) in [5.74, 6) is -2.33. The third-order valence-electron chi connectivity index (χ3n) is 4.18. The lowest BCUT2D eigenvalue weighted by molar-refractivity contribution is 0.0686. The van der Waals surface area contributed by atoms with Crippen molar-refractivity contribution in [2.45, 2.75) is 0 Å². The molecule has 3 aromatic rings. The number of amides is 1. The molecule has 0 saturated heterocycles. The van der Waals surface area contributed by atoms with E-state index in [0.717, 1.165) is 11.3 Å². The maximum absolute atomic E-state index is 12.9. The number of nitrogens with one attached hydrogen (secondary N) is 2. The number of carboxylic acid groups (broad SMARTS) is 1. The molecule has 3 rings (SSSR count). The van der Waals surface area contributed by atoms with Crippen LogP contribution in [0, 0.1) is 0 Å². The second kappa shape index (κ2) is 8.75. The van der Waals surface area contributed by atoms with E-state index < -0.39 is 28.9 Å². The Balaban J connectivity index is 2.01. The van der Waals surface area contributed by atoms with E-state index in [2.05, 4.69) is 15.3 Å². The van der Waals surface area contributed by atoms with E-state index in [4.69, 9.17) is 19.3 Å². The molecule has 0 bridgehead atoms. The number of methoxy groups -OCH3 is 3. The van der Waals surface area contributed by atoms with Crippen molar-refractivity contribution < 1.29 is 34.0 Å². The second-order valence-electron chi connectivity index (χ2n) is 5.94. The van der Waals surface area contributed by atoms with Gasteiger partial charge in [-0.15, -0.1) is 11.3 Å². The van der Waals surface area contributed by atoms with E-state index in [9.17, 15) is 19.5 Å². The Morgan fingerprint density at radius 1 is 1.10 bits per heavy atom. The van der Waals surface area contributed by atoms with Gasteiger partial charge in [0.2, 0.25) is 5.75 Å². The summed E-state index contributed by atoms with van der Waals surface area (Å²) in [5, 5.41) is 23.1. The number of aromatic amines is 1. The van der Waals surface area contributed by atoms with Gasteiger partial charge >= 0.3 is 5.97 Å². The zero-order valence-electron chi connectivity index (χ0n) is 16.5. The number of carbonyl (C=O) groups is 2. The number of aromatic carboxylic acids is 1. The van der Waals surface area contributed by atoms with Crippen molar-refractivity contribution in [3.05, 3.63) is 45.2 Å². The quantitative estimate of drug-likeness (QED) is 0.425. The van der Waals surface area contributed by atoms with Crippen molar-refractivity contribution >= 4 is 28.9 Å². The molecule has 4 N–H and O–H groups in total. The van der Waals surface area contributed by atoms with Gasteiger partial charge in [0.1, 0.15) is 5.75 Å². The van der Waals surface area contributed by atoms with E-state index in [-0.39, 0.29) is 27.7 Å². The van der Waals surface area contributed by atoms with E-state index >= 15 is 0 Å². The second-order valence-corrected chi connectivity index (χ2v) is 6.86. The Kier molecular flexibility index (Phi) is 6.11. The van der Waals surface area contributed by atoms with Crippen LogP contribution in [0.3, 0.4) is 0 Å². The van der Waals surface area contributed by atoms with Crippen LogP contribution in [0.1, 0.15) is 20.8 Å². The number of hydrogen-bond acceptors (Lipinski definition) is 9. The first-order chi connectivity index (χ1) is 14.8. The van der Waals surface area contributed by atoms with Gasteiger partial charge in [-0.1, -0.05) is 0 Å². The van der Waals surface area contributed by atoms with Gasteiger partial charge in [-0.3, -0.25) is 9.59 Å². The molecule has 162 valence electrons. The van der Waals surface area contributed by atoms with Gasteiger partial charge < -0.3 is 34.7 Å². The summed E-state index contributed by atoms with van der Waals surface area (Å²) in [6.07, 6.45) is 0. The van der Waals surface area contributed by atoms with Crippen LogP contribution in [-0.2, 0) is 0 Å². The summed E-state index contributed by atoms with van der Waals surface area (Å²) < 4.78 is 15.7. The van der Waals surface area contributed by atoms with Crippen LogP contribution < -0.4 is 25.1 Å². The summed E-state index contributed by atoms with van der Waals surface area (Å²) in [6.45, 7) is 0. The molecule has 0 aliphatic rings. The Morgan fingerprint density at radius 2 is 1.74 bits per heavy atom. The molecule has 1 aromatic carbocycles. The molecule has 2 aromatic heterocycles. The Hall–Kier alpha value is -4.06. The van der Waals surface area contributed by atoms with Crippen molar-refractivity contribution in [1.29, 1.82) is 0 Å².